The Labute approximate surface area is 200 Å². The number of carbonyl (C=O) groups is 2. The second-order valence-electron chi connectivity index (χ2n) is 7.71. The highest BCUT2D eigenvalue weighted by Crippen LogP contribution is 2.34. The number of hydrogen-bond acceptors (Lipinski definition) is 13. The van der Waals surface area contributed by atoms with Gasteiger partial charge in [0.2, 0.25) is 0 Å². The van der Waals surface area contributed by atoms with Crippen LogP contribution in [-0.4, -0.2) is 94.4 Å². The first kappa shape index (κ1) is 26.4. The van der Waals surface area contributed by atoms with Gasteiger partial charge in [-0.15, -0.1) is 0 Å². The number of imidazole rings is 1. The second-order valence-corrected chi connectivity index (χ2v) is 12.1. The molecule has 3 rings (SSSR count). The van der Waals surface area contributed by atoms with Crippen molar-refractivity contribution in [2.45, 2.75) is 49.5 Å². The van der Waals surface area contributed by atoms with Crippen LogP contribution in [0.15, 0.2) is 12.7 Å². The molecule has 2 aromatic rings. The summed E-state index contributed by atoms with van der Waals surface area (Å²) in [5.41, 5.74) is 17.6. The Bertz CT molecular complexity index is 1010. The minimum atomic E-state index is -1.37. The predicted molar refractivity (Wildman–Crippen MR) is 123 cm³/mol. The minimum Gasteiger partial charge on any atom is -0.548 e. The van der Waals surface area contributed by atoms with E-state index in [2.05, 4.69) is 15.0 Å². The quantitative estimate of drug-likeness (QED) is 0.118. The van der Waals surface area contributed by atoms with Crippen molar-refractivity contribution in [3.8, 4) is 0 Å². The van der Waals surface area contributed by atoms with Gasteiger partial charge in [0, 0.05) is 18.2 Å². The average molecular weight is 518 g/mol. The normalized spacial score (nSPS) is 25.3. The van der Waals surface area contributed by atoms with Gasteiger partial charge in [0.1, 0.15) is 47.7 Å². The van der Waals surface area contributed by atoms with Gasteiger partial charge in [-0.3, -0.25) is 9.36 Å². The zero-order chi connectivity index (χ0) is 25.0. The van der Waals surface area contributed by atoms with Gasteiger partial charge in [-0.25, -0.2) is 15.0 Å². The van der Waals surface area contributed by atoms with Crippen LogP contribution in [0.5, 0.6) is 0 Å². The molecule has 1 aliphatic heterocycles. The number of hydrogen-bond donors (Lipinski definition) is 6. The van der Waals surface area contributed by atoms with Crippen LogP contribution in [0, 0.1) is 0 Å². The maximum absolute atomic E-state index is 11.0. The second kappa shape index (κ2) is 11.5. The van der Waals surface area contributed by atoms with Crippen LogP contribution in [0.1, 0.15) is 19.1 Å². The van der Waals surface area contributed by atoms with Crippen LogP contribution < -0.4 is 22.3 Å². The number of aliphatic hydroxyl groups excluding tert-OH is 2. The summed E-state index contributed by atoms with van der Waals surface area (Å²) in [6.45, 7) is 0. The lowest BCUT2D eigenvalue weighted by molar-refractivity contribution is -0.307. The van der Waals surface area contributed by atoms with E-state index >= 15 is 0 Å². The molecule has 7 atom stereocenters. The third kappa shape index (κ3) is 6.07. The van der Waals surface area contributed by atoms with E-state index in [0.29, 0.717) is 22.7 Å². The molecular weight excluding hydrogens is 490 g/mol. The highest BCUT2D eigenvalue weighted by molar-refractivity contribution is 8.74. The molecule has 3 heterocycles. The molecule has 188 valence electrons. The van der Waals surface area contributed by atoms with Crippen LogP contribution in [0.25, 0.3) is 11.2 Å². The molecule has 0 spiro atoms. The molecular formula is C18H27N7O7S2. The van der Waals surface area contributed by atoms with E-state index in [4.69, 9.17) is 27.0 Å². The maximum atomic E-state index is 11.0. The van der Waals surface area contributed by atoms with Crippen molar-refractivity contribution in [2.24, 2.45) is 11.5 Å². The van der Waals surface area contributed by atoms with Gasteiger partial charge in [0.05, 0.1) is 33.0 Å². The van der Waals surface area contributed by atoms with Crippen molar-refractivity contribution in [3.05, 3.63) is 12.7 Å². The van der Waals surface area contributed by atoms with Crippen LogP contribution in [0.4, 0.5) is 5.82 Å². The summed E-state index contributed by atoms with van der Waals surface area (Å²) in [5, 5.41) is 41.3. The summed E-state index contributed by atoms with van der Waals surface area (Å²) in [5.74, 6) is -1.29. The molecule has 16 heteroatoms. The van der Waals surface area contributed by atoms with Crippen molar-refractivity contribution < 1.29 is 34.8 Å². The molecule has 1 unspecified atom stereocenters. The molecule has 0 amide bonds. The number of fused-ring (bicyclic) bond motifs is 1. The van der Waals surface area contributed by atoms with Crippen molar-refractivity contribution in [3.63, 3.8) is 0 Å². The molecule has 9 N–H and O–H groups in total. The molecule has 1 fully saturated rings. The van der Waals surface area contributed by atoms with Crippen LogP contribution in [-0.2, 0) is 24.3 Å². The van der Waals surface area contributed by atoms with Crippen molar-refractivity contribution in [1.82, 2.24) is 19.5 Å². The fourth-order valence-corrected chi connectivity index (χ4v) is 7.77. The van der Waals surface area contributed by atoms with Crippen LogP contribution in [0.2, 0.25) is 0 Å². The number of rotatable bonds is 12. The summed E-state index contributed by atoms with van der Waals surface area (Å²) < 4.78 is 7.43. The van der Waals surface area contributed by atoms with Gasteiger partial charge in [0.25, 0.3) is 0 Å². The predicted octanol–water partition coefficient (Wildman–Crippen LogP) is -3.44. The van der Waals surface area contributed by atoms with Gasteiger partial charge < -0.3 is 47.2 Å². The zero-order valence-corrected chi connectivity index (χ0v) is 19.6. The van der Waals surface area contributed by atoms with E-state index in [1.165, 1.54) is 28.0 Å². The lowest BCUT2D eigenvalue weighted by Gasteiger charge is -2.17. The smallest absolute Gasteiger partial charge is 0.320 e. The van der Waals surface area contributed by atoms with Crippen molar-refractivity contribution >= 4 is 49.6 Å². The first-order chi connectivity index (χ1) is 16.1. The molecule has 34 heavy (non-hydrogen) atoms. The van der Waals surface area contributed by atoms with Crippen molar-refractivity contribution in [1.29, 1.82) is 0 Å². The summed E-state index contributed by atoms with van der Waals surface area (Å²) in [6.07, 6.45) is -1.34. The standard InChI is InChI=1S/C18H27N7O7S2/c19-8(17(28)29)1-3-33-34(4-2-9(20)18(30)31)5-10-12(26)13(27)16(32-10)25-7-24-11-14(21)22-6-23-15(11)25/h6-10,12-13,16,26-27H,1-5,19-20H2,(H3-,21,22,23,28,29,30,31)/t8-,9-,10+,12+,13+,16+,34?/m0/s1. The number of carboxylic acids is 2. The van der Waals surface area contributed by atoms with Gasteiger partial charge in [-0.1, -0.05) is 0 Å². The van der Waals surface area contributed by atoms with E-state index in [1.54, 1.807) is 0 Å². The van der Waals surface area contributed by atoms with Crippen LogP contribution >= 0.6 is 10.8 Å². The van der Waals surface area contributed by atoms with Gasteiger partial charge in [0.15, 0.2) is 17.7 Å². The number of nitrogen functional groups attached to an aromatic ring is 1. The van der Waals surface area contributed by atoms with Gasteiger partial charge in [-0.05, 0) is 6.42 Å². The maximum Gasteiger partial charge on any atom is 0.320 e. The summed E-state index contributed by atoms with van der Waals surface area (Å²) in [7, 11) is 0.822. The fraction of sp³-hybridized carbons (Fsp3) is 0.611. The van der Waals surface area contributed by atoms with E-state index in [9.17, 15) is 24.9 Å². The molecule has 1 aliphatic rings. The monoisotopic (exact) mass is 517 g/mol. The zero-order valence-electron chi connectivity index (χ0n) is 18.0. The number of carbonyl (C=O) groups excluding carboxylic acids is 1. The number of aromatic nitrogens is 4. The van der Waals surface area contributed by atoms with E-state index in [1.807, 2.05) is 0 Å². The highest BCUT2D eigenvalue weighted by atomic mass is 33.1. The first-order valence-corrected chi connectivity index (χ1v) is 13.4. The Kier molecular flexibility index (Phi) is 8.91. The molecule has 0 radical (unpaired) electrons. The topological polar surface area (TPSA) is 249 Å². The van der Waals surface area contributed by atoms with Crippen LogP contribution in [0.3, 0.4) is 0 Å². The van der Waals surface area contributed by atoms with E-state index in [-0.39, 0.29) is 24.4 Å². The molecule has 0 saturated carbocycles. The van der Waals surface area contributed by atoms with E-state index in [0.717, 1.165) is 0 Å². The summed E-state index contributed by atoms with van der Waals surface area (Å²) >= 11 is 0. The lowest BCUT2D eigenvalue weighted by Crippen LogP contribution is -2.43. The number of aliphatic carboxylic acids is 2. The first-order valence-electron chi connectivity index (χ1n) is 10.3. The number of ether oxygens (including phenoxy) is 1. The van der Waals surface area contributed by atoms with Gasteiger partial charge >= 0.3 is 5.97 Å². The average Bonchev–Trinajstić information content (AvgIpc) is 3.34. The Balaban J connectivity index is 1.70. The van der Waals surface area contributed by atoms with E-state index < -0.39 is 58.5 Å². The largest absolute Gasteiger partial charge is 0.548 e. The molecule has 14 nitrogen and oxygen atoms in total. The summed E-state index contributed by atoms with van der Waals surface area (Å²) in [6, 6.07) is -2.18. The number of aliphatic hydroxyl groups is 2. The highest BCUT2D eigenvalue weighted by Gasteiger charge is 2.47. The third-order valence-electron chi connectivity index (χ3n) is 5.30. The molecule has 2 aromatic heterocycles. The summed E-state index contributed by atoms with van der Waals surface area (Å²) in [4.78, 5) is 34.1. The molecule has 0 bridgehead atoms. The lowest BCUT2D eigenvalue weighted by atomic mass is 10.1. The fourth-order valence-electron chi connectivity index (χ4n) is 3.32. The number of carboxylic acid groups (broad SMARTS) is 2. The molecule has 1 saturated heterocycles. The number of nitrogens with zero attached hydrogens (tertiary/aromatic N) is 4. The Morgan fingerprint density at radius 3 is 2.62 bits per heavy atom. The Morgan fingerprint density at radius 2 is 1.94 bits per heavy atom. The number of nitrogens with two attached hydrogens (primary N) is 3. The third-order valence-corrected chi connectivity index (χ3v) is 9.84. The Hall–Kier alpha value is -2.21. The number of anilines is 1. The van der Waals surface area contributed by atoms with Gasteiger partial charge in [-0.2, -0.15) is 0 Å². The molecule has 0 aromatic carbocycles. The molecule has 0 aliphatic carbocycles. The van der Waals surface area contributed by atoms with Crippen molar-refractivity contribution in [2.75, 3.05) is 23.0 Å². The SMILES string of the molecule is Nc1ncnc2c1ncn2[C@@H]1O[C@H](C[S+](CC[C@H](N)C(=O)[O-])SCC[C@H](N)C(=O)O)[C@@H](O)[C@H]1O. The minimum absolute atomic E-state index is 0.126. The Morgan fingerprint density at radius 1 is 1.21 bits per heavy atom.